The number of methoxy groups -OCH3 is 1. The SMILES string of the molecule is COc1ccc(CC[N+]23CCC(CC2)C(OC(=O)N(Cc2ccc(F)c(F)c2)c2cccc(F)c2)C3)cc1. The molecule has 1 amide bonds. The maximum Gasteiger partial charge on any atom is 0.415 e. The molecule has 0 radical (unpaired) electrons. The molecule has 3 heterocycles. The van der Waals surface area contributed by atoms with Crippen LogP contribution >= 0.6 is 0 Å². The Morgan fingerprint density at radius 1 is 0.947 bits per heavy atom. The number of piperidine rings is 3. The van der Waals surface area contributed by atoms with E-state index in [1.165, 1.54) is 34.7 Å². The fraction of sp³-hybridized carbons (Fsp3) is 0.367. The number of hydrogen-bond donors (Lipinski definition) is 0. The van der Waals surface area contributed by atoms with Crippen molar-refractivity contribution in [3.8, 4) is 5.75 Å². The summed E-state index contributed by atoms with van der Waals surface area (Å²) in [5.74, 6) is -1.37. The summed E-state index contributed by atoms with van der Waals surface area (Å²) in [7, 11) is 1.65. The number of benzene rings is 3. The Balaban J connectivity index is 1.30. The van der Waals surface area contributed by atoms with E-state index in [9.17, 15) is 18.0 Å². The van der Waals surface area contributed by atoms with Gasteiger partial charge in [0.1, 0.15) is 18.1 Å². The largest absolute Gasteiger partial charge is 0.497 e. The lowest BCUT2D eigenvalue weighted by molar-refractivity contribution is -0.945. The van der Waals surface area contributed by atoms with Gasteiger partial charge in [-0.25, -0.2) is 18.0 Å². The fourth-order valence-electron chi connectivity index (χ4n) is 5.75. The monoisotopic (exact) mass is 525 g/mol. The molecule has 3 saturated heterocycles. The molecule has 3 aromatic carbocycles. The first-order chi connectivity index (χ1) is 18.3. The zero-order valence-electron chi connectivity index (χ0n) is 21.4. The highest BCUT2D eigenvalue weighted by molar-refractivity contribution is 5.87. The van der Waals surface area contributed by atoms with E-state index in [2.05, 4.69) is 12.1 Å². The maximum absolute atomic E-state index is 14.0. The van der Waals surface area contributed by atoms with Gasteiger partial charge in [-0.3, -0.25) is 4.90 Å². The summed E-state index contributed by atoms with van der Waals surface area (Å²) in [4.78, 5) is 14.8. The van der Waals surface area contributed by atoms with Crippen LogP contribution in [0.25, 0.3) is 0 Å². The van der Waals surface area contributed by atoms with Gasteiger partial charge in [-0.1, -0.05) is 24.3 Å². The number of ether oxygens (including phenoxy) is 2. The Morgan fingerprint density at radius 2 is 1.68 bits per heavy atom. The van der Waals surface area contributed by atoms with Crippen molar-refractivity contribution in [1.29, 1.82) is 0 Å². The number of hydrogen-bond acceptors (Lipinski definition) is 3. The molecule has 1 atom stereocenters. The van der Waals surface area contributed by atoms with E-state index in [1.54, 1.807) is 13.2 Å². The van der Waals surface area contributed by atoms with Gasteiger partial charge < -0.3 is 14.0 Å². The van der Waals surface area contributed by atoms with Crippen LogP contribution in [0, 0.1) is 23.4 Å². The molecule has 5 nitrogen and oxygen atoms in total. The topological polar surface area (TPSA) is 38.8 Å². The summed E-state index contributed by atoms with van der Waals surface area (Å²) >= 11 is 0. The molecule has 2 bridgehead atoms. The van der Waals surface area contributed by atoms with E-state index in [-0.39, 0.29) is 18.6 Å². The van der Waals surface area contributed by atoms with Crippen LogP contribution in [0.2, 0.25) is 0 Å². The lowest BCUT2D eigenvalue weighted by Gasteiger charge is -2.52. The third kappa shape index (κ3) is 5.80. The molecule has 8 heteroatoms. The van der Waals surface area contributed by atoms with Crippen molar-refractivity contribution in [3.05, 3.63) is 95.3 Å². The molecule has 1 unspecified atom stereocenters. The van der Waals surface area contributed by atoms with Crippen LogP contribution in [0.5, 0.6) is 5.75 Å². The Kier molecular flexibility index (Phi) is 7.61. The van der Waals surface area contributed by atoms with Gasteiger partial charge in [0, 0.05) is 25.2 Å². The third-order valence-corrected chi connectivity index (χ3v) is 7.99. The van der Waals surface area contributed by atoms with Crippen molar-refractivity contribution in [2.45, 2.75) is 31.9 Å². The van der Waals surface area contributed by atoms with E-state index in [0.717, 1.165) is 67.8 Å². The highest BCUT2D eigenvalue weighted by atomic mass is 19.2. The minimum atomic E-state index is -1.00. The van der Waals surface area contributed by atoms with E-state index in [0.29, 0.717) is 11.3 Å². The Labute approximate surface area is 221 Å². The molecule has 0 N–H and O–H groups in total. The molecule has 3 aliphatic heterocycles. The normalized spacial score (nSPS) is 22.2. The number of carbonyl (C=O) groups is 1. The fourth-order valence-corrected chi connectivity index (χ4v) is 5.75. The van der Waals surface area contributed by atoms with Crippen molar-refractivity contribution in [3.63, 3.8) is 0 Å². The smallest absolute Gasteiger partial charge is 0.415 e. The zero-order valence-corrected chi connectivity index (χ0v) is 21.4. The second-order valence-corrected chi connectivity index (χ2v) is 10.4. The maximum atomic E-state index is 14.0. The molecule has 3 fully saturated rings. The van der Waals surface area contributed by atoms with Crippen molar-refractivity contribution >= 4 is 11.8 Å². The van der Waals surface area contributed by atoms with Crippen LogP contribution in [0.1, 0.15) is 24.0 Å². The molecule has 0 spiro atoms. The predicted molar refractivity (Wildman–Crippen MR) is 138 cm³/mol. The third-order valence-electron chi connectivity index (χ3n) is 7.99. The average Bonchev–Trinajstić information content (AvgIpc) is 2.93. The molecular formula is C30H32F3N2O3+. The second kappa shape index (κ2) is 11.1. The number of fused-ring (bicyclic) bond motifs is 3. The number of quaternary nitrogens is 1. The summed E-state index contributed by atoms with van der Waals surface area (Å²) in [5.41, 5.74) is 1.91. The summed E-state index contributed by atoms with van der Waals surface area (Å²) in [6, 6.07) is 17.2. The van der Waals surface area contributed by atoms with E-state index < -0.39 is 23.5 Å². The average molecular weight is 526 g/mol. The minimum absolute atomic E-state index is 0.0751. The lowest BCUT2D eigenvalue weighted by atomic mass is 9.83. The summed E-state index contributed by atoms with van der Waals surface area (Å²) in [5, 5.41) is 0. The number of halogens is 3. The van der Waals surface area contributed by atoms with Crippen LogP contribution in [-0.4, -0.2) is 50.0 Å². The molecule has 38 heavy (non-hydrogen) atoms. The van der Waals surface area contributed by atoms with Crippen LogP contribution in [-0.2, 0) is 17.7 Å². The number of carbonyl (C=O) groups excluding carboxylic acids is 1. The van der Waals surface area contributed by atoms with E-state index in [1.807, 2.05) is 12.1 Å². The lowest BCUT2D eigenvalue weighted by Crippen LogP contribution is -2.65. The van der Waals surface area contributed by atoms with Gasteiger partial charge in [0.05, 0.1) is 39.0 Å². The first-order valence-electron chi connectivity index (χ1n) is 13.0. The number of amides is 1. The standard InChI is InChI=1S/C30H32F3N2O3/c1-37-26-8-5-21(6-9-26)11-14-35-15-12-23(13-16-35)29(20-35)38-30(36)34(25-4-2-3-24(31)18-25)19-22-7-10-27(32)28(33)17-22/h2-10,17-18,23,29H,11-16,19-20H2,1H3/q+1. The molecule has 0 aromatic heterocycles. The van der Waals surface area contributed by atoms with Gasteiger partial charge >= 0.3 is 6.09 Å². The van der Waals surface area contributed by atoms with Crippen molar-refractivity contribution in [1.82, 2.24) is 0 Å². The highest BCUT2D eigenvalue weighted by Crippen LogP contribution is 2.36. The van der Waals surface area contributed by atoms with Gasteiger partial charge in [0.15, 0.2) is 17.7 Å². The van der Waals surface area contributed by atoms with Crippen molar-refractivity contribution in [2.75, 3.05) is 38.2 Å². The molecular weight excluding hydrogens is 493 g/mol. The number of anilines is 1. The Hall–Kier alpha value is -3.52. The predicted octanol–water partition coefficient (Wildman–Crippen LogP) is 6.11. The quantitative estimate of drug-likeness (QED) is 0.333. The minimum Gasteiger partial charge on any atom is -0.497 e. The molecule has 3 aliphatic rings. The van der Waals surface area contributed by atoms with Gasteiger partial charge in [0.2, 0.25) is 0 Å². The number of nitrogens with zero attached hydrogens (tertiary/aromatic N) is 2. The van der Waals surface area contributed by atoms with E-state index >= 15 is 0 Å². The van der Waals surface area contributed by atoms with Crippen LogP contribution in [0.4, 0.5) is 23.7 Å². The van der Waals surface area contributed by atoms with Crippen molar-refractivity contribution < 1.29 is 31.9 Å². The molecule has 200 valence electrons. The molecule has 0 aliphatic carbocycles. The second-order valence-electron chi connectivity index (χ2n) is 10.4. The molecule has 3 aromatic rings. The van der Waals surface area contributed by atoms with Crippen LogP contribution in [0.3, 0.4) is 0 Å². The van der Waals surface area contributed by atoms with Crippen LogP contribution < -0.4 is 9.64 Å². The van der Waals surface area contributed by atoms with Gasteiger partial charge in [-0.15, -0.1) is 0 Å². The summed E-state index contributed by atoms with van der Waals surface area (Å²) in [6.07, 6.45) is 1.99. The zero-order chi connectivity index (χ0) is 26.7. The van der Waals surface area contributed by atoms with Crippen LogP contribution in [0.15, 0.2) is 66.7 Å². The Morgan fingerprint density at radius 3 is 2.37 bits per heavy atom. The van der Waals surface area contributed by atoms with Gasteiger partial charge in [-0.05, 0) is 53.6 Å². The van der Waals surface area contributed by atoms with Gasteiger partial charge in [-0.2, -0.15) is 0 Å². The first kappa shape index (κ1) is 26.1. The van der Waals surface area contributed by atoms with E-state index in [4.69, 9.17) is 9.47 Å². The van der Waals surface area contributed by atoms with Gasteiger partial charge in [0.25, 0.3) is 0 Å². The number of rotatable bonds is 8. The molecule has 0 saturated carbocycles. The summed E-state index contributed by atoms with van der Waals surface area (Å²) in [6.45, 7) is 3.72. The Bertz CT molecular complexity index is 1280. The first-order valence-corrected chi connectivity index (χ1v) is 13.0. The molecule has 6 rings (SSSR count). The summed E-state index contributed by atoms with van der Waals surface area (Å²) < 4.78 is 53.6. The van der Waals surface area contributed by atoms with Crippen molar-refractivity contribution in [2.24, 2.45) is 5.92 Å². The highest BCUT2D eigenvalue weighted by Gasteiger charge is 2.47.